The third-order valence-corrected chi connectivity index (χ3v) is 1.76. The minimum absolute atomic E-state index is 0.287. The van der Waals surface area contributed by atoms with Crippen molar-refractivity contribution in [2.45, 2.75) is 80.4 Å². The lowest BCUT2D eigenvalue weighted by Gasteiger charge is -2.08. The zero-order valence-corrected chi connectivity index (χ0v) is 15.0. The van der Waals surface area contributed by atoms with Crippen LogP contribution in [0, 0.1) is 0 Å². The Bertz CT molecular complexity index is 281. The first-order chi connectivity index (χ1) is 8.96. The van der Waals surface area contributed by atoms with Gasteiger partial charge in [-0.3, -0.25) is 0 Å². The lowest BCUT2D eigenvalue weighted by Crippen LogP contribution is -2.13. The lowest BCUT2D eigenvalue weighted by molar-refractivity contribution is 0.133. The van der Waals surface area contributed by atoms with Crippen LogP contribution >= 0.6 is 0 Å². The zero-order valence-electron chi connectivity index (χ0n) is 15.0. The van der Waals surface area contributed by atoms with Gasteiger partial charge in [-0.25, -0.2) is 0 Å². The predicted molar refractivity (Wildman–Crippen MR) is 91.9 cm³/mol. The van der Waals surface area contributed by atoms with E-state index in [1.807, 2.05) is 26.8 Å². The van der Waals surface area contributed by atoms with Crippen LogP contribution in [0.1, 0.15) is 68.7 Å². The SMILES string of the molecule is C/C=C/C(C)(C)O.CC(C)=CC(C)O.CCC=C(C)C. The van der Waals surface area contributed by atoms with E-state index in [-0.39, 0.29) is 6.10 Å². The molecule has 2 heteroatoms. The number of allylic oxidation sites excluding steroid dienone is 4. The molecule has 0 heterocycles. The predicted octanol–water partition coefficient (Wildman–Crippen LogP) is 5.03. The quantitative estimate of drug-likeness (QED) is 0.714. The molecule has 2 nitrogen and oxygen atoms in total. The third-order valence-electron chi connectivity index (χ3n) is 1.76. The Morgan fingerprint density at radius 3 is 1.55 bits per heavy atom. The van der Waals surface area contributed by atoms with E-state index < -0.39 is 5.60 Å². The summed E-state index contributed by atoms with van der Waals surface area (Å²) in [5.74, 6) is 0. The van der Waals surface area contributed by atoms with Gasteiger partial charge in [0.1, 0.15) is 0 Å². The first-order valence-electron chi connectivity index (χ1n) is 7.28. The Balaban J connectivity index is -0.000000218. The van der Waals surface area contributed by atoms with Crippen molar-refractivity contribution in [3.8, 4) is 0 Å². The fraction of sp³-hybridized carbons (Fsp3) is 0.667. The van der Waals surface area contributed by atoms with Gasteiger partial charge in [0.2, 0.25) is 0 Å². The van der Waals surface area contributed by atoms with E-state index in [9.17, 15) is 0 Å². The lowest BCUT2D eigenvalue weighted by atomic mass is 10.1. The average Bonchev–Trinajstić information content (AvgIpc) is 2.14. The number of hydrogen-bond acceptors (Lipinski definition) is 2. The van der Waals surface area contributed by atoms with Gasteiger partial charge in [0.15, 0.2) is 0 Å². The molecule has 1 unspecified atom stereocenters. The standard InChI is InChI=1S/2C6H12O.C6H12/c1-5(2)4-6(3)7;1-4-5-6(2,3)7;1-4-5-6(2)3/h4,6-7H,1-3H3;4-5,7H,1-3H3;5H,4H2,1-3H3/b;5-4+;. The van der Waals surface area contributed by atoms with Crippen LogP contribution in [0.5, 0.6) is 0 Å². The molecule has 0 fully saturated rings. The van der Waals surface area contributed by atoms with Crippen molar-refractivity contribution in [1.82, 2.24) is 0 Å². The Morgan fingerprint density at radius 2 is 1.55 bits per heavy atom. The van der Waals surface area contributed by atoms with Crippen molar-refractivity contribution in [2.75, 3.05) is 0 Å². The minimum atomic E-state index is -0.630. The molecule has 1 atom stereocenters. The van der Waals surface area contributed by atoms with Crippen LogP contribution in [0.25, 0.3) is 0 Å². The number of aliphatic hydroxyl groups excluding tert-OH is 1. The summed E-state index contributed by atoms with van der Waals surface area (Å²) in [4.78, 5) is 0. The topological polar surface area (TPSA) is 40.5 Å². The molecule has 0 saturated heterocycles. The molecule has 120 valence electrons. The molecule has 0 radical (unpaired) electrons. The molecule has 0 bridgehead atoms. The second-order valence-electron chi connectivity index (χ2n) is 5.83. The summed E-state index contributed by atoms with van der Waals surface area (Å²) in [6.07, 6.45) is 8.47. The second-order valence-corrected chi connectivity index (χ2v) is 5.83. The molecule has 0 rings (SSSR count). The summed E-state index contributed by atoms with van der Waals surface area (Å²) in [5.41, 5.74) is 1.95. The van der Waals surface area contributed by atoms with E-state index >= 15 is 0 Å². The number of hydrogen-bond donors (Lipinski definition) is 2. The molecule has 0 aromatic rings. The largest absolute Gasteiger partial charge is 0.389 e. The van der Waals surface area contributed by atoms with Gasteiger partial charge in [-0.05, 0) is 61.8 Å². The summed E-state index contributed by atoms with van der Waals surface area (Å²) in [5, 5.41) is 17.6. The normalized spacial score (nSPS) is 11.6. The Labute approximate surface area is 126 Å². The molecule has 0 aliphatic rings. The molecular formula is C18H36O2. The maximum atomic E-state index is 8.93. The van der Waals surface area contributed by atoms with Crippen molar-refractivity contribution in [3.63, 3.8) is 0 Å². The zero-order chi connectivity index (χ0) is 16.8. The number of rotatable bonds is 3. The summed E-state index contributed by atoms with van der Waals surface area (Å²) < 4.78 is 0. The van der Waals surface area contributed by atoms with Gasteiger partial charge in [0.25, 0.3) is 0 Å². The monoisotopic (exact) mass is 284 g/mol. The molecular weight excluding hydrogens is 248 g/mol. The maximum absolute atomic E-state index is 8.93. The first kappa shape index (κ1) is 24.2. The van der Waals surface area contributed by atoms with E-state index in [2.05, 4.69) is 26.8 Å². The van der Waals surface area contributed by atoms with Gasteiger partial charge in [-0.1, -0.05) is 42.4 Å². The fourth-order valence-electron chi connectivity index (χ4n) is 1.30. The third kappa shape index (κ3) is 43.4. The average molecular weight is 284 g/mol. The van der Waals surface area contributed by atoms with Crippen LogP contribution < -0.4 is 0 Å². The summed E-state index contributed by atoms with van der Waals surface area (Å²) >= 11 is 0. The van der Waals surface area contributed by atoms with Gasteiger partial charge >= 0.3 is 0 Å². The second kappa shape index (κ2) is 14.5. The number of aliphatic hydroxyl groups is 2. The molecule has 0 spiro atoms. The molecule has 2 N–H and O–H groups in total. The van der Waals surface area contributed by atoms with E-state index in [0.717, 1.165) is 5.57 Å². The van der Waals surface area contributed by atoms with Gasteiger partial charge in [-0.15, -0.1) is 0 Å². The van der Waals surface area contributed by atoms with Gasteiger partial charge in [-0.2, -0.15) is 0 Å². The molecule has 0 aliphatic heterocycles. The van der Waals surface area contributed by atoms with Crippen molar-refractivity contribution in [1.29, 1.82) is 0 Å². The van der Waals surface area contributed by atoms with Crippen molar-refractivity contribution < 1.29 is 10.2 Å². The fourth-order valence-corrected chi connectivity index (χ4v) is 1.30. The highest BCUT2D eigenvalue weighted by molar-refractivity contribution is 4.96. The van der Waals surface area contributed by atoms with E-state index in [4.69, 9.17) is 10.2 Å². The molecule has 0 aromatic carbocycles. The molecule has 0 aromatic heterocycles. The van der Waals surface area contributed by atoms with Crippen molar-refractivity contribution in [3.05, 3.63) is 35.5 Å². The van der Waals surface area contributed by atoms with Crippen molar-refractivity contribution >= 4 is 0 Å². The Kier molecular flexibility index (Phi) is 17.6. The van der Waals surface area contributed by atoms with Crippen LogP contribution in [0.3, 0.4) is 0 Å². The van der Waals surface area contributed by atoms with Crippen LogP contribution in [-0.2, 0) is 0 Å². The van der Waals surface area contributed by atoms with Crippen LogP contribution in [0.2, 0.25) is 0 Å². The molecule has 0 saturated carbocycles. The summed E-state index contributed by atoms with van der Waals surface area (Å²) in [6.45, 7) is 17.4. The van der Waals surface area contributed by atoms with Crippen molar-refractivity contribution in [2.24, 2.45) is 0 Å². The smallest absolute Gasteiger partial charge is 0.0771 e. The minimum Gasteiger partial charge on any atom is -0.389 e. The maximum Gasteiger partial charge on any atom is 0.0771 e. The first-order valence-corrected chi connectivity index (χ1v) is 7.28. The molecule has 0 aliphatic carbocycles. The van der Waals surface area contributed by atoms with Gasteiger partial charge < -0.3 is 10.2 Å². The highest BCUT2D eigenvalue weighted by Gasteiger charge is 2.03. The highest BCUT2D eigenvalue weighted by Crippen LogP contribution is 2.00. The highest BCUT2D eigenvalue weighted by atomic mass is 16.3. The molecule has 0 amide bonds. The van der Waals surface area contributed by atoms with E-state index in [1.54, 1.807) is 32.9 Å². The summed E-state index contributed by atoms with van der Waals surface area (Å²) in [7, 11) is 0. The van der Waals surface area contributed by atoms with E-state index in [1.165, 1.54) is 12.0 Å². The van der Waals surface area contributed by atoms with E-state index in [0.29, 0.717) is 0 Å². The van der Waals surface area contributed by atoms with Crippen LogP contribution in [0.15, 0.2) is 35.5 Å². The Hall–Kier alpha value is -0.860. The van der Waals surface area contributed by atoms with Gasteiger partial charge in [0, 0.05) is 0 Å². The Morgan fingerprint density at radius 1 is 1.10 bits per heavy atom. The van der Waals surface area contributed by atoms with Crippen LogP contribution in [-0.4, -0.2) is 21.9 Å². The molecule has 20 heavy (non-hydrogen) atoms. The van der Waals surface area contributed by atoms with Crippen LogP contribution in [0.4, 0.5) is 0 Å². The van der Waals surface area contributed by atoms with Gasteiger partial charge in [0.05, 0.1) is 11.7 Å². The summed E-state index contributed by atoms with van der Waals surface area (Å²) in [6, 6.07) is 0.